The molecule has 0 spiro atoms. The summed E-state index contributed by atoms with van der Waals surface area (Å²) in [6.07, 6.45) is 6.89. The molecule has 0 nitrogen and oxygen atoms in total. The molecular weight excluding hydrogens is 96.1 g/mol. The van der Waals surface area contributed by atoms with E-state index in [1.165, 1.54) is 0 Å². The average molecular weight is 112 g/mol. The minimum absolute atomic E-state index is 1.10. The molecule has 0 aliphatic heterocycles. The molecule has 8 heavy (non-hydrogen) atoms. The highest BCUT2D eigenvalue weighted by atomic mass is 13.6. The van der Waals surface area contributed by atoms with Gasteiger partial charge in [-0.1, -0.05) is 45.6 Å². The first-order valence-corrected chi connectivity index (χ1v) is 3.19. The summed E-state index contributed by atoms with van der Waals surface area (Å²) in [6.45, 7) is 9.61. The van der Waals surface area contributed by atoms with Gasteiger partial charge >= 0.3 is 0 Å². The largest absolute Gasteiger partial charge is 0.0991 e. The molecule has 0 aromatic carbocycles. The van der Waals surface area contributed by atoms with Crippen LogP contribution < -0.4 is 0 Å². The van der Waals surface area contributed by atoms with Crippen molar-refractivity contribution in [3.8, 4) is 0 Å². The number of hydrogen-bond acceptors (Lipinski definition) is 0. The van der Waals surface area contributed by atoms with Gasteiger partial charge in [0.25, 0.3) is 0 Å². The summed E-state index contributed by atoms with van der Waals surface area (Å²) in [5.41, 5.74) is 0. The quantitative estimate of drug-likeness (QED) is 0.481. The molecule has 0 amide bonds. The Morgan fingerprint density at radius 2 is 1.88 bits per heavy atom. The molecule has 0 N–H and O–H groups in total. The van der Waals surface area contributed by atoms with Gasteiger partial charge in [0, 0.05) is 0 Å². The zero-order chi connectivity index (χ0) is 6.83. The first-order chi connectivity index (χ1) is 3.91. The summed E-state index contributed by atoms with van der Waals surface area (Å²) in [6, 6.07) is 0. The number of allylic oxidation sites excluding steroid dienone is 3. The summed E-state index contributed by atoms with van der Waals surface area (Å²) >= 11 is 0. The van der Waals surface area contributed by atoms with Crippen LogP contribution in [0.3, 0.4) is 0 Å². The Balaban J connectivity index is 0. The van der Waals surface area contributed by atoms with Gasteiger partial charge in [-0.25, -0.2) is 0 Å². The van der Waals surface area contributed by atoms with Gasteiger partial charge in [0.1, 0.15) is 0 Å². The van der Waals surface area contributed by atoms with Crippen LogP contribution in [0.2, 0.25) is 0 Å². The van der Waals surface area contributed by atoms with E-state index in [2.05, 4.69) is 19.6 Å². The van der Waals surface area contributed by atoms with Crippen molar-refractivity contribution in [2.24, 2.45) is 0 Å². The van der Waals surface area contributed by atoms with E-state index in [4.69, 9.17) is 0 Å². The van der Waals surface area contributed by atoms with Crippen molar-refractivity contribution < 1.29 is 0 Å². The van der Waals surface area contributed by atoms with Gasteiger partial charge in [0.05, 0.1) is 0 Å². The van der Waals surface area contributed by atoms with E-state index in [1.54, 1.807) is 6.08 Å². The molecule has 0 rings (SSSR count). The van der Waals surface area contributed by atoms with Crippen LogP contribution in [0.15, 0.2) is 24.8 Å². The van der Waals surface area contributed by atoms with E-state index >= 15 is 0 Å². The van der Waals surface area contributed by atoms with Crippen LogP contribution in [0, 0.1) is 0 Å². The molecule has 0 unspecified atom stereocenters. The molecule has 0 heterocycles. The van der Waals surface area contributed by atoms with Crippen molar-refractivity contribution in [3.63, 3.8) is 0 Å². The van der Waals surface area contributed by atoms with Crippen LogP contribution >= 0.6 is 0 Å². The molecule has 0 radical (unpaired) electrons. The van der Waals surface area contributed by atoms with E-state index in [1.807, 2.05) is 19.9 Å². The van der Waals surface area contributed by atoms with Gasteiger partial charge in [-0.05, 0) is 6.42 Å². The normalized spacial score (nSPS) is 7.88. The van der Waals surface area contributed by atoms with Crippen LogP contribution in [0.4, 0.5) is 0 Å². The molecular formula is C8H16. The van der Waals surface area contributed by atoms with Gasteiger partial charge in [0.15, 0.2) is 0 Å². The lowest BCUT2D eigenvalue weighted by molar-refractivity contribution is 1.22. The highest BCUT2D eigenvalue weighted by Gasteiger charge is 1.55. The van der Waals surface area contributed by atoms with Crippen molar-refractivity contribution in [1.29, 1.82) is 0 Å². The fourth-order valence-electron chi connectivity index (χ4n) is 0.232. The van der Waals surface area contributed by atoms with Crippen molar-refractivity contribution in [3.05, 3.63) is 24.8 Å². The molecule has 0 saturated heterocycles. The standard InChI is InChI=1S/C6H10.C2H6/c1-3-5-6-4-2;1-2/h3,5-6H,1,4H2,2H3;1-2H3/b6-5-;. The lowest BCUT2D eigenvalue weighted by atomic mass is 10.4. The number of hydrogen-bond donors (Lipinski definition) is 0. The van der Waals surface area contributed by atoms with Crippen LogP contribution in [-0.2, 0) is 0 Å². The van der Waals surface area contributed by atoms with E-state index in [-0.39, 0.29) is 0 Å². The zero-order valence-electron chi connectivity index (χ0n) is 6.15. The molecule has 0 atom stereocenters. The second-order valence-corrected chi connectivity index (χ2v) is 1.07. The zero-order valence-corrected chi connectivity index (χ0v) is 6.15. The minimum Gasteiger partial charge on any atom is -0.0991 e. The third kappa shape index (κ3) is 17.9. The third-order valence-corrected chi connectivity index (χ3v) is 0.508. The van der Waals surface area contributed by atoms with E-state index in [0.717, 1.165) is 6.42 Å². The van der Waals surface area contributed by atoms with E-state index in [9.17, 15) is 0 Å². The van der Waals surface area contributed by atoms with Gasteiger partial charge in [-0.15, -0.1) is 0 Å². The summed E-state index contributed by atoms with van der Waals surface area (Å²) < 4.78 is 0. The number of rotatable bonds is 2. The summed E-state index contributed by atoms with van der Waals surface area (Å²) in [4.78, 5) is 0. The minimum atomic E-state index is 1.10. The molecule has 0 heteroatoms. The van der Waals surface area contributed by atoms with Crippen LogP contribution in [0.5, 0.6) is 0 Å². The second kappa shape index (κ2) is 16.1. The molecule has 0 saturated carbocycles. The third-order valence-electron chi connectivity index (χ3n) is 0.508. The van der Waals surface area contributed by atoms with Crippen molar-refractivity contribution in [2.75, 3.05) is 0 Å². The lowest BCUT2D eigenvalue weighted by Gasteiger charge is -1.67. The molecule has 0 aliphatic carbocycles. The predicted octanol–water partition coefficient (Wildman–Crippen LogP) is 3.16. The van der Waals surface area contributed by atoms with Gasteiger partial charge in [0.2, 0.25) is 0 Å². The van der Waals surface area contributed by atoms with Crippen LogP contribution in [0.25, 0.3) is 0 Å². The Bertz CT molecular complexity index is 51.1. The smallest absolute Gasteiger partial charge is 0.0376 e. The Hall–Kier alpha value is -0.520. The van der Waals surface area contributed by atoms with E-state index < -0.39 is 0 Å². The average Bonchev–Trinajstić information content (AvgIpc) is 1.88. The first-order valence-electron chi connectivity index (χ1n) is 3.19. The fourth-order valence-corrected chi connectivity index (χ4v) is 0.232. The Morgan fingerprint density at radius 1 is 1.38 bits per heavy atom. The van der Waals surface area contributed by atoms with Crippen molar-refractivity contribution in [1.82, 2.24) is 0 Å². The molecule has 0 fully saturated rings. The summed E-state index contributed by atoms with van der Waals surface area (Å²) in [5.74, 6) is 0. The molecule has 48 valence electrons. The van der Waals surface area contributed by atoms with Crippen LogP contribution in [0.1, 0.15) is 27.2 Å². The fraction of sp³-hybridized carbons (Fsp3) is 0.500. The van der Waals surface area contributed by atoms with Gasteiger partial charge in [-0.3, -0.25) is 0 Å². The van der Waals surface area contributed by atoms with Crippen molar-refractivity contribution >= 4 is 0 Å². The maximum Gasteiger partial charge on any atom is -0.0376 e. The summed E-state index contributed by atoms with van der Waals surface area (Å²) in [5, 5.41) is 0. The van der Waals surface area contributed by atoms with Crippen LogP contribution in [-0.4, -0.2) is 0 Å². The molecule has 0 aromatic rings. The second-order valence-electron chi connectivity index (χ2n) is 1.07. The van der Waals surface area contributed by atoms with Crippen molar-refractivity contribution in [2.45, 2.75) is 27.2 Å². The monoisotopic (exact) mass is 112 g/mol. The van der Waals surface area contributed by atoms with Gasteiger partial charge in [-0.2, -0.15) is 0 Å². The van der Waals surface area contributed by atoms with Gasteiger partial charge < -0.3 is 0 Å². The maximum absolute atomic E-state index is 3.51. The molecule has 0 aliphatic rings. The Morgan fingerprint density at radius 3 is 2.00 bits per heavy atom. The Labute approximate surface area is 52.9 Å². The van der Waals surface area contributed by atoms with E-state index in [0.29, 0.717) is 0 Å². The SMILES string of the molecule is C=C/C=C\CC.CC. The predicted molar refractivity (Wildman–Crippen MR) is 41.0 cm³/mol. The Kier molecular flexibility index (Phi) is 21.0. The lowest BCUT2D eigenvalue weighted by Crippen LogP contribution is -1.46. The maximum atomic E-state index is 3.51. The molecule has 0 aromatic heterocycles. The first kappa shape index (κ1) is 10.5. The molecule has 0 bridgehead atoms. The highest BCUT2D eigenvalue weighted by molar-refractivity contribution is 4.96. The topological polar surface area (TPSA) is 0 Å². The highest BCUT2D eigenvalue weighted by Crippen LogP contribution is 1.76. The summed E-state index contributed by atoms with van der Waals surface area (Å²) in [7, 11) is 0.